The number of thioether (sulfide) groups is 1. The summed E-state index contributed by atoms with van der Waals surface area (Å²) >= 11 is 1.78. The third kappa shape index (κ3) is 3.56. The number of ether oxygens (including phenoxy) is 1. The van der Waals surface area contributed by atoms with Crippen molar-refractivity contribution in [1.29, 1.82) is 0 Å². The van der Waals surface area contributed by atoms with Crippen LogP contribution in [-0.2, 0) is 9.53 Å². The quantitative estimate of drug-likeness (QED) is 0.698. The Morgan fingerprint density at radius 2 is 2.46 bits per heavy atom. The van der Waals surface area contributed by atoms with Crippen LogP contribution in [0.5, 0.6) is 0 Å². The molecule has 1 saturated heterocycles. The predicted molar refractivity (Wildman–Crippen MR) is 52.7 cm³/mol. The summed E-state index contributed by atoms with van der Waals surface area (Å²) in [7, 11) is 1.40. The fourth-order valence-electron chi connectivity index (χ4n) is 1.51. The molecule has 1 aliphatic heterocycles. The van der Waals surface area contributed by atoms with Gasteiger partial charge in [-0.15, -0.1) is 0 Å². The number of aliphatic hydroxyl groups is 1. The number of aliphatic hydroxyl groups excluding tert-OH is 1. The van der Waals surface area contributed by atoms with Gasteiger partial charge in [-0.3, -0.25) is 4.79 Å². The Bertz CT molecular complexity index is 172. The SMILES string of the molecule is COC(=O)CC[C@H]1CCSC[C@@H]1O. The summed E-state index contributed by atoms with van der Waals surface area (Å²) in [5, 5.41) is 9.58. The number of hydrogen-bond acceptors (Lipinski definition) is 4. The Labute approximate surface area is 82.8 Å². The van der Waals surface area contributed by atoms with Gasteiger partial charge < -0.3 is 9.84 Å². The lowest BCUT2D eigenvalue weighted by Gasteiger charge is -2.26. The molecular formula is C9H16O3S. The van der Waals surface area contributed by atoms with Gasteiger partial charge >= 0.3 is 5.97 Å². The molecule has 0 aromatic rings. The van der Waals surface area contributed by atoms with Gasteiger partial charge in [0.15, 0.2) is 0 Å². The van der Waals surface area contributed by atoms with Crippen LogP contribution < -0.4 is 0 Å². The molecule has 0 radical (unpaired) electrons. The Balaban J connectivity index is 2.22. The van der Waals surface area contributed by atoms with Crippen molar-refractivity contribution in [3.8, 4) is 0 Å². The van der Waals surface area contributed by atoms with Gasteiger partial charge in [0, 0.05) is 12.2 Å². The van der Waals surface area contributed by atoms with Gasteiger partial charge in [-0.1, -0.05) is 0 Å². The zero-order valence-electron chi connectivity index (χ0n) is 7.86. The molecular weight excluding hydrogens is 188 g/mol. The third-order valence-corrected chi connectivity index (χ3v) is 3.51. The van der Waals surface area contributed by atoms with Gasteiger partial charge in [0.05, 0.1) is 13.2 Å². The van der Waals surface area contributed by atoms with Crippen molar-refractivity contribution in [2.75, 3.05) is 18.6 Å². The second-order valence-electron chi connectivity index (χ2n) is 3.31. The zero-order valence-corrected chi connectivity index (χ0v) is 8.68. The van der Waals surface area contributed by atoms with E-state index in [-0.39, 0.29) is 12.1 Å². The largest absolute Gasteiger partial charge is 0.469 e. The standard InChI is InChI=1S/C9H16O3S/c1-12-9(11)3-2-7-4-5-13-6-8(7)10/h7-8,10H,2-6H2,1H3/t7-,8-/m0/s1. The molecule has 0 bridgehead atoms. The lowest BCUT2D eigenvalue weighted by molar-refractivity contribution is -0.141. The Kier molecular flexibility index (Phi) is 4.59. The fraction of sp³-hybridized carbons (Fsp3) is 0.889. The van der Waals surface area contributed by atoms with E-state index in [9.17, 15) is 9.90 Å². The molecule has 0 amide bonds. The molecule has 1 rings (SSSR count). The van der Waals surface area contributed by atoms with Crippen LogP contribution in [0.15, 0.2) is 0 Å². The molecule has 1 N–H and O–H groups in total. The number of rotatable bonds is 3. The summed E-state index contributed by atoms with van der Waals surface area (Å²) in [6, 6.07) is 0. The number of carbonyl (C=O) groups is 1. The van der Waals surface area contributed by atoms with E-state index in [4.69, 9.17) is 0 Å². The van der Waals surface area contributed by atoms with Gasteiger partial charge in [-0.25, -0.2) is 0 Å². The number of carbonyl (C=O) groups excluding carboxylic acids is 1. The Hall–Kier alpha value is -0.220. The Morgan fingerprint density at radius 3 is 3.08 bits per heavy atom. The highest BCUT2D eigenvalue weighted by molar-refractivity contribution is 7.99. The van der Waals surface area contributed by atoms with Gasteiger partial charge in [-0.05, 0) is 24.5 Å². The molecule has 0 unspecified atom stereocenters. The van der Waals surface area contributed by atoms with Crippen LogP contribution in [-0.4, -0.2) is 35.8 Å². The van der Waals surface area contributed by atoms with Gasteiger partial charge in [0.1, 0.15) is 0 Å². The number of esters is 1. The molecule has 13 heavy (non-hydrogen) atoms. The van der Waals surface area contributed by atoms with Crippen molar-refractivity contribution in [1.82, 2.24) is 0 Å². The molecule has 1 fully saturated rings. The first-order chi connectivity index (χ1) is 6.24. The first kappa shape index (κ1) is 10.9. The summed E-state index contributed by atoms with van der Waals surface area (Å²) < 4.78 is 4.55. The molecule has 2 atom stereocenters. The van der Waals surface area contributed by atoms with Crippen molar-refractivity contribution >= 4 is 17.7 Å². The average molecular weight is 204 g/mol. The molecule has 1 heterocycles. The van der Waals surface area contributed by atoms with Crippen LogP contribution in [0.25, 0.3) is 0 Å². The number of hydrogen-bond donors (Lipinski definition) is 1. The van der Waals surface area contributed by atoms with E-state index in [1.165, 1.54) is 7.11 Å². The van der Waals surface area contributed by atoms with Crippen LogP contribution in [0.4, 0.5) is 0 Å². The van der Waals surface area contributed by atoms with Gasteiger partial charge in [0.25, 0.3) is 0 Å². The van der Waals surface area contributed by atoms with E-state index >= 15 is 0 Å². The van der Waals surface area contributed by atoms with Crippen LogP contribution in [0.2, 0.25) is 0 Å². The zero-order chi connectivity index (χ0) is 9.68. The van der Waals surface area contributed by atoms with Crippen molar-refractivity contribution in [2.24, 2.45) is 5.92 Å². The fourth-order valence-corrected chi connectivity index (χ4v) is 2.66. The first-order valence-corrected chi connectivity index (χ1v) is 5.72. The summed E-state index contributed by atoms with van der Waals surface area (Å²) in [5.74, 6) is 2.03. The monoisotopic (exact) mass is 204 g/mol. The van der Waals surface area contributed by atoms with Crippen LogP contribution >= 0.6 is 11.8 Å². The minimum atomic E-state index is -0.233. The first-order valence-electron chi connectivity index (χ1n) is 4.56. The van der Waals surface area contributed by atoms with E-state index in [1.54, 1.807) is 11.8 Å². The van der Waals surface area contributed by atoms with E-state index < -0.39 is 0 Å². The second-order valence-corrected chi connectivity index (χ2v) is 4.46. The molecule has 4 heteroatoms. The van der Waals surface area contributed by atoms with E-state index in [2.05, 4.69) is 4.74 Å². The molecule has 0 aliphatic carbocycles. The van der Waals surface area contributed by atoms with Crippen molar-refractivity contribution in [3.63, 3.8) is 0 Å². The lowest BCUT2D eigenvalue weighted by Crippen LogP contribution is -2.28. The molecule has 0 aromatic carbocycles. The maximum atomic E-state index is 10.9. The molecule has 76 valence electrons. The summed E-state index contributed by atoms with van der Waals surface area (Å²) in [6.45, 7) is 0. The van der Waals surface area contributed by atoms with E-state index in [0.29, 0.717) is 12.3 Å². The van der Waals surface area contributed by atoms with Gasteiger partial charge in [-0.2, -0.15) is 11.8 Å². The van der Waals surface area contributed by atoms with Crippen LogP contribution in [0, 0.1) is 5.92 Å². The minimum absolute atomic E-state index is 0.176. The summed E-state index contributed by atoms with van der Waals surface area (Å²) in [4.78, 5) is 10.9. The number of methoxy groups -OCH3 is 1. The van der Waals surface area contributed by atoms with E-state index in [1.807, 2.05) is 0 Å². The molecule has 0 saturated carbocycles. The average Bonchev–Trinajstić information content (AvgIpc) is 2.16. The third-order valence-electron chi connectivity index (χ3n) is 2.41. The normalized spacial score (nSPS) is 28.5. The predicted octanol–water partition coefficient (Wildman–Crippen LogP) is 1.05. The topological polar surface area (TPSA) is 46.5 Å². The molecule has 0 spiro atoms. The van der Waals surface area contributed by atoms with Crippen molar-refractivity contribution < 1.29 is 14.6 Å². The van der Waals surface area contributed by atoms with E-state index in [0.717, 1.165) is 24.3 Å². The smallest absolute Gasteiger partial charge is 0.305 e. The maximum absolute atomic E-state index is 10.9. The lowest BCUT2D eigenvalue weighted by atomic mass is 9.94. The Morgan fingerprint density at radius 1 is 1.69 bits per heavy atom. The summed E-state index contributed by atoms with van der Waals surface area (Å²) in [6.07, 6.45) is 1.98. The highest BCUT2D eigenvalue weighted by Gasteiger charge is 2.23. The highest BCUT2D eigenvalue weighted by atomic mass is 32.2. The molecule has 1 aliphatic rings. The van der Waals surface area contributed by atoms with Crippen LogP contribution in [0.3, 0.4) is 0 Å². The highest BCUT2D eigenvalue weighted by Crippen LogP contribution is 2.26. The summed E-state index contributed by atoms with van der Waals surface area (Å²) in [5.41, 5.74) is 0. The molecule has 0 aromatic heterocycles. The maximum Gasteiger partial charge on any atom is 0.305 e. The van der Waals surface area contributed by atoms with Crippen molar-refractivity contribution in [3.05, 3.63) is 0 Å². The molecule has 3 nitrogen and oxygen atoms in total. The van der Waals surface area contributed by atoms with Gasteiger partial charge in [0.2, 0.25) is 0 Å². The van der Waals surface area contributed by atoms with Crippen LogP contribution in [0.1, 0.15) is 19.3 Å². The second kappa shape index (κ2) is 5.50. The minimum Gasteiger partial charge on any atom is -0.469 e. The van der Waals surface area contributed by atoms with Crippen molar-refractivity contribution in [2.45, 2.75) is 25.4 Å².